The maximum Gasteiger partial charge on any atom is 0.184 e. The molecule has 1 aromatic rings. The van der Waals surface area contributed by atoms with Gasteiger partial charge in [0.15, 0.2) is 6.29 Å². The van der Waals surface area contributed by atoms with Crippen LogP contribution in [0.3, 0.4) is 0 Å². The van der Waals surface area contributed by atoms with Crippen LogP contribution in [-0.2, 0) is 15.9 Å². The molecule has 0 amide bonds. The Morgan fingerprint density at radius 3 is 2.31 bits per heavy atom. The van der Waals surface area contributed by atoms with Gasteiger partial charge in [0, 0.05) is 5.56 Å². The third-order valence-electron chi connectivity index (χ3n) is 2.28. The third kappa shape index (κ3) is 1.90. The summed E-state index contributed by atoms with van der Waals surface area (Å²) in [6.07, 6.45) is 0.943. The van der Waals surface area contributed by atoms with Gasteiger partial charge in [0.1, 0.15) is 0 Å². The van der Waals surface area contributed by atoms with Gasteiger partial charge in [-0.1, -0.05) is 31.2 Å². The van der Waals surface area contributed by atoms with Crippen LogP contribution in [-0.4, -0.2) is 13.2 Å². The minimum absolute atomic E-state index is 0.133. The fourth-order valence-electron chi connectivity index (χ4n) is 1.46. The van der Waals surface area contributed by atoms with E-state index in [2.05, 4.69) is 31.2 Å². The minimum atomic E-state index is -0.133. The van der Waals surface area contributed by atoms with Gasteiger partial charge in [-0.3, -0.25) is 0 Å². The zero-order chi connectivity index (χ0) is 9.10. The van der Waals surface area contributed by atoms with Crippen molar-refractivity contribution in [3.05, 3.63) is 35.4 Å². The second-order valence-electron chi connectivity index (χ2n) is 3.17. The standard InChI is InChI=1S/C11H14O2/c1-2-9-3-5-10(6-4-9)11-12-7-8-13-11/h3-6,11H,2,7-8H2,1H3. The molecular weight excluding hydrogens is 164 g/mol. The van der Waals surface area contributed by atoms with Gasteiger partial charge < -0.3 is 9.47 Å². The fraction of sp³-hybridized carbons (Fsp3) is 0.455. The van der Waals surface area contributed by atoms with E-state index in [0.29, 0.717) is 13.2 Å². The predicted molar refractivity (Wildman–Crippen MR) is 50.5 cm³/mol. The molecule has 0 radical (unpaired) electrons. The summed E-state index contributed by atoms with van der Waals surface area (Å²) < 4.78 is 10.8. The Morgan fingerprint density at radius 1 is 1.15 bits per heavy atom. The topological polar surface area (TPSA) is 18.5 Å². The summed E-state index contributed by atoms with van der Waals surface area (Å²) in [7, 11) is 0. The summed E-state index contributed by atoms with van der Waals surface area (Å²) in [6.45, 7) is 3.57. The van der Waals surface area contributed by atoms with E-state index >= 15 is 0 Å². The highest BCUT2D eigenvalue weighted by atomic mass is 16.7. The average Bonchev–Trinajstić information content (AvgIpc) is 2.71. The molecule has 0 saturated carbocycles. The SMILES string of the molecule is CCc1ccc(C2OCCO2)cc1. The molecular formula is C11H14O2. The van der Waals surface area contributed by atoms with Gasteiger partial charge in [0.2, 0.25) is 0 Å². The van der Waals surface area contributed by atoms with Gasteiger partial charge in [-0.25, -0.2) is 0 Å². The average molecular weight is 178 g/mol. The van der Waals surface area contributed by atoms with Crippen molar-refractivity contribution in [2.24, 2.45) is 0 Å². The zero-order valence-corrected chi connectivity index (χ0v) is 7.82. The van der Waals surface area contributed by atoms with Crippen LogP contribution in [0.4, 0.5) is 0 Å². The molecule has 2 heteroatoms. The second-order valence-corrected chi connectivity index (χ2v) is 3.17. The van der Waals surface area contributed by atoms with E-state index in [0.717, 1.165) is 12.0 Å². The van der Waals surface area contributed by atoms with Crippen molar-refractivity contribution in [3.63, 3.8) is 0 Å². The van der Waals surface area contributed by atoms with Crippen molar-refractivity contribution in [3.8, 4) is 0 Å². The first-order valence-corrected chi connectivity index (χ1v) is 4.72. The predicted octanol–water partition coefficient (Wildman–Crippen LogP) is 2.29. The molecule has 13 heavy (non-hydrogen) atoms. The van der Waals surface area contributed by atoms with Gasteiger partial charge in [0.05, 0.1) is 13.2 Å². The van der Waals surface area contributed by atoms with Gasteiger partial charge in [-0.05, 0) is 12.0 Å². The number of hydrogen-bond acceptors (Lipinski definition) is 2. The molecule has 0 N–H and O–H groups in total. The Hall–Kier alpha value is -0.860. The Morgan fingerprint density at radius 2 is 1.77 bits per heavy atom. The highest BCUT2D eigenvalue weighted by molar-refractivity contribution is 5.23. The van der Waals surface area contributed by atoms with Gasteiger partial charge in [-0.2, -0.15) is 0 Å². The normalized spacial score (nSPS) is 17.9. The van der Waals surface area contributed by atoms with Crippen LogP contribution >= 0.6 is 0 Å². The Balaban J connectivity index is 2.12. The lowest BCUT2D eigenvalue weighted by molar-refractivity contribution is -0.0441. The number of aryl methyl sites for hydroxylation is 1. The van der Waals surface area contributed by atoms with Crippen LogP contribution in [0.1, 0.15) is 24.3 Å². The van der Waals surface area contributed by atoms with E-state index in [-0.39, 0.29) is 6.29 Å². The number of ether oxygens (including phenoxy) is 2. The first-order valence-electron chi connectivity index (χ1n) is 4.72. The van der Waals surface area contributed by atoms with Crippen LogP contribution in [0, 0.1) is 0 Å². The molecule has 0 aromatic heterocycles. The molecule has 0 bridgehead atoms. The molecule has 1 fully saturated rings. The summed E-state index contributed by atoms with van der Waals surface area (Å²) in [6, 6.07) is 8.41. The van der Waals surface area contributed by atoms with Crippen molar-refractivity contribution in [2.45, 2.75) is 19.6 Å². The molecule has 70 valence electrons. The van der Waals surface area contributed by atoms with E-state index in [1.807, 2.05) is 0 Å². The lowest BCUT2D eigenvalue weighted by Crippen LogP contribution is -1.97. The third-order valence-corrected chi connectivity index (χ3v) is 2.28. The van der Waals surface area contributed by atoms with Crippen molar-refractivity contribution >= 4 is 0 Å². The lowest BCUT2D eigenvalue weighted by atomic mass is 10.1. The fourth-order valence-corrected chi connectivity index (χ4v) is 1.46. The van der Waals surface area contributed by atoms with Crippen LogP contribution in [0.2, 0.25) is 0 Å². The molecule has 1 aliphatic rings. The lowest BCUT2D eigenvalue weighted by Gasteiger charge is -2.09. The highest BCUT2D eigenvalue weighted by Crippen LogP contribution is 2.23. The van der Waals surface area contributed by atoms with Crippen molar-refractivity contribution < 1.29 is 9.47 Å². The Kier molecular flexibility index (Phi) is 2.62. The molecule has 0 aliphatic carbocycles. The van der Waals surface area contributed by atoms with Crippen molar-refractivity contribution in [1.29, 1.82) is 0 Å². The maximum absolute atomic E-state index is 5.39. The monoisotopic (exact) mass is 178 g/mol. The van der Waals surface area contributed by atoms with Crippen molar-refractivity contribution in [2.75, 3.05) is 13.2 Å². The highest BCUT2D eigenvalue weighted by Gasteiger charge is 2.17. The van der Waals surface area contributed by atoms with Crippen LogP contribution in [0.25, 0.3) is 0 Å². The molecule has 2 rings (SSSR count). The van der Waals surface area contributed by atoms with Crippen LogP contribution in [0.5, 0.6) is 0 Å². The second kappa shape index (κ2) is 3.90. The van der Waals surface area contributed by atoms with Gasteiger partial charge >= 0.3 is 0 Å². The first kappa shape index (κ1) is 8.73. The number of hydrogen-bond donors (Lipinski definition) is 0. The zero-order valence-electron chi connectivity index (χ0n) is 7.82. The largest absolute Gasteiger partial charge is 0.346 e. The van der Waals surface area contributed by atoms with Crippen LogP contribution < -0.4 is 0 Å². The van der Waals surface area contributed by atoms with Gasteiger partial charge in [0.25, 0.3) is 0 Å². The van der Waals surface area contributed by atoms with E-state index in [1.165, 1.54) is 5.56 Å². The summed E-state index contributed by atoms with van der Waals surface area (Å²) in [4.78, 5) is 0. The summed E-state index contributed by atoms with van der Waals surface area (Å²) in [5, 5.41) is 0. The smallest absolute Gasteiger partial charge is 0.184 e. The Bertz CT molecular complexity index is 260. The van der Waals surface area contributed by atoms with E-state index in [4.69, 9.17) is 9.47 Å². The molecule has 1 aromatic carbocycles. The molecule has 1 aliphatic heterocycles. The first-order chi connectivity index (χ1) is 6.40. The quantitative estimate of drug-likeness (QED) is 0.691. The summed E-state index contributed by atoms with van der Waals surface area (Å²) >= 11 is 0. The molecule has 0 atom stereocenters. The molecule has 2 nitrogen and oxygen atoms in total. The van der Waals surface area contributed by atoms with E-state index in [1.54, 1.807) is 0 Å². The number of rotatable bonds is 2. The minimum Gasteiger partial charge on any atom is -0.346 e. The van der Waals surface area contributed by atoms with Gasteiger partial charge in [-0.15, -0.1) is 0 Å². The van der Waals surface area contributed by atoms with E-state index in [9.17, 15) is 0 Å². The molecule has 1 saturated heterocycles. The summed E-state index contributed by atoms with van der Waals surface area (Å²) in [5.41, 5.74) is 2.47. The molecule has 0 spiro atoms. The molecule has 1 heterocycles. The summed E-state index contributed by atoms with van der Waals surface area (Å²) in [5.74, 6) is 0. The molecule has 0 unspecified atom stereocenters. The Labute approximate surface area is 78.5 Å². The van der Waals surface area contributed by atoms with Crippen LogP contribution in [0.15, 0.2) is 24.3 Å². The van der Waals surface area contributed by atoms with Crippen molar-refractivity contribution in [1.82, 2.24) is 0 Å². The maximum atomic E-state index is 5.39. The van der Waals surface area contributed by atoms with E-state index < -0.39 is 0 Å². The number of benzene rings is 1.